The molecule has 2 fully saturated rings. The lowest BCUT2D eigenvalue weighted by atomic mass is 10.2. The smallest absolute Gasteiger partial charge is 0.260 e. The molecular formula is C20H24N2O4S4. The van der Waals surface area contributed by atoms with Gasteiger partial charge < -0.3 is 9.64 Å². The number of aryl methyl sites for hydroxylation is 1. The van der Waals surface area contributed by atoms with E-state index < -0.39 is 10.0 Å². The Kier molecular flexibility index (Phi) is 6.98. The predicted octanol–water partition coefficient (Wildman–Crippen LogP) is 3.45. The van der Waals surface area contributed by atoms with Crippen LogP contribution in [0.3, 0.4) is 0 Å². The molecule has 0 saturated carbocycles. The molecule has 2 aromatic rings. The van der Waals surface area contributed by atoms with E-state index >= 15 is 0 Å². The number of hydrogen-bond donors (Lipinski definition) is 0. The Bertz CT molecular complexity index is 994. The molecule has 0 aliphatic carbocycles. The Hall–Kier alpha value is -1.20. The SMILES string of the molecule is Cc1ccc(S(=O)(=O)N2CCN(C(=O)COc3ccccc3C3SCCS3)CC2)s1. The molecule has 2 aliphatic heterocycles. The van der Waals surface area contributed by atoms with E-state index in [0.29, 0.717) is 35.0 Å². The van der Waals surface area contributed by atoms with Gasteiger partial charge in [-0.2, -0.15) is 4.31 Å². The van der Waals surface area contributed by atoms with Gasteiger partial charge in [-0.25, -0.2) is 8.42 Å². The number of nitrogens with zero attached hydrogens (tertiary/aromatic N) is 2. The summed E-state index contributed by atoms with van der Waals surface area (Å²) < 4.78 is 33.6. The molecule has 1 amide bonds. The third-order valence-corrected chi connectivity index (χ3v) is 11.5. The van der Waals surface area contributed by atoms with E-state index in [9.17, 15) is 13.2 Å². The topological polar surface area (TPSA) is 66.9 Å². The third-order valence-electron chi connectivity index (χ3n) is 5.05. The van der Waals surface area contributed by atoms with Crippen molar-refractivity contribution in [3.05, 3.63) is 46.8 Å². The highest BCUT2D eigenvalue weighted by atomic mass is 32.2. The Balaban J connectivity index is 1.32. The van der Waals surface area contributed by atoms with E-state index in [1.165, 1.54) is 15.6 Å². The van der Waals surface area contributed by atoms with Crippen LogP contribution in [-0.2, 0) is 14.8 Å². The van der Waals surface area contributed by atoms with Crippen molar-refractivity contribution < 1.29 is 17.9 Å². The number of thiophene rings is 1. The van der Waals surface area contributed by atoms with Gasteiger partial charge in [-0.1, -0.05) is 18.2 Å². The molecule has 0 radical (unpaired) electrons. The number of benzene rings is 1. The third kappa shape index (κ3) is 4.83. The average molecular weight is 485 g/mol. The molecule has 6 nitrogen and oxygen atoms in total. The van der Waals surface area contributed by atoms with Crippen molar-refractivity contribution in [1.82, 2.24) is 9.21 Å². The van der Waals surface area contributed by atoms with E-state index in [1.54, 1.807) is 11.0 Å². The fourth-order valence-electron chi connectivity index (χ4n) is 3.43. The van der Waals surface area contributed by atoms with Gasteiger partial charge in [0.1, 0.15) is 9.96 Å². The van der Waals surface area contributed by atoms with Crippen LogP contribution < -0.4 is 4.74 Å². The Morgan fingerprint density at radius 1 is 1.07 bits per heavy atom. The van der Waals surface area contributed by atoms with Crippen LogP contribution in [-0.4, -0.2) is 67.8 Å². The van der Waals surface area contributed by atoms with Gasteiger partial charge in [0.2, 0.25) is 0 Å². The summed E-state index contributed by atoms with van der Waals surface area (Å²) in [4.78, 5) is 15.3. The van der Waals surface area contributed by atoms with Crippen LogP contribution in [0.5, 0.6) is 5.75 Å². The summed E-state index contributed by atoms with van der Waals surface area (Å²) in [5.74, 6) is 2.90. The molecule has 1 aromatic heterocycles. The zero-order chi connectivity index (χ0) is 21.1. The molecule has 162 valence electrons. The maximum atomic E-state index is 12.8. The molecule has 0 N–H and O–H groups in total. The van der Waals surface area contributed by atoms with Crippen LogP contribution in [0, 0.1) is 6.92 Å². The van der Waals surface area contributed by atoms with Crippen LogP contribution in [0.25, 0.3) is 0 Å². The van der Waals surface area contributed by atoms with Gasteiger partial charge in [0.05, 0.1) is 4.58 Å². The summed E-state index contributed by atoms with van der Waals surface area (Å²) in [5, 5.41) is 0. The van der Waals surface area contributed by atoms with Crippen LogP contribution in [0.15, 0.2) is 40.6 Å². The van der Waals surface area contributed by atoms with Crippen LogP contribution in [0.2, 0.25) is 0 Å². The lowest BCUT2D eigenvalue weighted by Gasteiger charge is -2.33. The molecule has 0 bridgehead atoms. The van der Waals surface area contributed by atoms with E-state index in [1.807, 2.05) is 54.7 Å². The van der Waals surface area contributed by atoms with Crippen molar-refractivity contribution in [2.45, 2.75) is 15.7 Å². The maximum Gasteiger partial charge on any atom is 0.260 e. The van der Waals surface area contributed by atoms with E-state index in [4.69, 9.17) is 4.74 Å². The summed E-state index contributed by atoms with van der Waals surface area (Å²) in [5.41, 5.74) is 1.12. The molecule has 4 rings (SSSR count). The van der Waals surface area contributed by atoms with Gasteiger partial charge in [-0.05, 0) is 25.1 Å². The standard InChI is InChI=1S/C20H24N2O4S4/c1-15-6-7-19(29-15)30(24,25)22-10-8-21(9-11-22)18(23)14-26-17-5-3-2-4-16(17)20-27-12-13-28-20/h2-7,20H,8-14H2,1H3. The van der Waals surface area contributed by atoms with Crippen molar-refractivity contribution >= 4 is 50.8 Å². The van der Waals surface area contributed by atoms with Crippen LogP contribution in [0.1, 0.15) is 15.0 Å². The zero-order valence-corrected chi connectivity index (χ0v) is 19.9. The number of para-hydroxylation sites is 1. The minimum atomic E-state index is -3.48. The number of thioether (sulfide) groups is 2. The summed E-state index contributed by atoms with van der Waals surface area (Å²) in [6, 6.07) is 11.4. The Morgan fingerprint density at radius 2 is 1.77 bits per heavy atom. The molecule has 10 heteroatoms. The number of carbonyl (C=O) groups excluding carboxylic acids is 1. The first-order chi connectivity index (χ1) is 14.4. The molecule has 0 atom stereocenters. The molecule has 1 aromatic carbocycles. The Labute approximate surface area is 190 Å². The lowest BCUT2D eigenvalue weighted by molar-refractivity contribution is -0.134. The number of rotatable bonds is 6. The maximum absolute atomic E-state index is 12.8. The van der Waals surface area contributed by atoms with Crippen LogP contribution >= 0.6 is 34.9 Å². The van der Waals surface area contributed by atoms with Gasteiger partial charge in [-0.15, -0.1) is 34.9 Å². The fraction of sp³-hybridized carbons (Fsp3) is 0.450. The highest BCUT2D eigenvalue weighted by Crippen LogP contribution is 2.48. The summed E-state index contributed by atoms with van der Waals surface area (Å²) >= 11 is 5.08. The van der Waals surface area contributed by atoms with Gasteiger partial charge in [-0.3, -0.25) is 4.79 Å². The number of ether oxygens (including phenoxy) is 1. The van der Waals surface area contributed by atoms with E-state index in [2.05, 4.69) is 6.07 Å². The summed E-state index contributed by atoms with van der Waals surface area (Å²) in [6.45, 7) is 3.22. The summed E-state index contributed by atoms with van der Waals surface area (Å²) in [7, 11) is -3.48. The van der Waals surface area contributed by atoms with Crippen molar-refractivity contribution in [3.63, 3.8) is 0 Å². The fourth-order valence-corrected chi connectivity index (χ4v) is 9.20. The molecule has 2 aliphatic rings. The second kappa shape index (κ2) is 9.52. The zero-order valence-electron chi connectivity index (χ0n) is 16.7. The van der Waals surface area contributed by atoms with Crippen molar-refractivity contribution in [1.29, 1.82) is 0 Å². The largest absolute Gasteiger partial charge is 0.483 e. The number of piperazine rings is 1. The van der Waals surface area contributed by atoms with Crippen molar-refractivity contribution in [2.75, 3.05) is 44.3 Å². The van der Waals surface area contributed by atoms with Crippen molar-refractivity contribution in [3.8, 4) is 5.75 Å². The normalized spacial score (nSPS) is 18.6. The number of sulfonamides is 1. The molecule has 3 heterocycles. The first kappa shape index (κ1) is 22.0. The lowest BCUT2D eigenvalue weighted by Crippen LogP contribution is -2.51. The first-order valence-electron chi connectivity index (χ1n) is 9.74. The number of carbonyl (C=O) groups is 1. The second-order valence-corrected chi connectivity index (χ2v) is 13.2. The average Bonchev–Trinajstić information content (AvgIpc) is 3.44. The van der Waals surface area contributed by atoms with Gasteiger partial charge in [0.15, 0.2) is 6.61 Å². The molecule has 30 heavy (non-hydrogen) atoms. The monoisotopic (exact) mass is 484 g/mol. The van der Waals surface area contributed by atoms with Gasteiger partial charge in [0, 0.05) is 48.1 Å². The minimum Gasteiger partial charge on any atom is -0.483 e. The summed E-state index contributed by atoms with van der Waals surface area (Å²) in [6.07, 6.45) is 0. The molecule has 0 spiro atoms. The van der Waals surface area contributed by atoms with Crippen molar-refractivity contribution in [2.24, 2.45) is 0 Å². The second-order valence-electron chi connectivity index (χ2n) is 7.05. The number of amides is 1. The predicted molar refractivity (Wildman–Crippen MR) is 124 cm³/mol. The quantitative estimate of drug-likeness (QED) is 0.626. The highest BCUT2D eigenvalue weighted by Gasteiger charge is 2.31. The number of hydrogen-bond acceptors (Lipinski definition) is 7. The van der Waals surface area contributed by atoms with E-state index in [0.717, 1.165) is 27.7 Å². The van der Waals surface area contributed by atoms with E-state index in [-0.39, 0.29) is 12.5 Å². The van der Waals surface area contributed by atoms with Crippen LogP contribution in [0.4, 0.5) is 0 Å². The first-order valence-corrected chi connectivity index (χ1v) is 14.1. The Morgan fingerprint density at radius 3 is 2.43 bits per heavy atom. The molecular weight excluding hydrogens is 460 g/mol. The minimum absolute atomic E-state index is 0.0318. The van der Waals surface area contributed by atoms with Gasteiger partial charge >= 0.3 is 0 Å². The highest BCUT2D eigenvalue weighted by molar-refractivity contribution is 8.19. The molecule has 2 saturated heterocycles. The molecule has 0 unspecified atom stereocenters. The van der Waals surface area contributed by atoms with Gasteiger partial charge in [0.25, 0.3) is 15.9 Å².